The molecule has 0 aliphatic carbocycles. The molecule has 154 valence electrons. The van der Waals surface area contributed by atoms with E-state index < -0.39 is 0 Å². The number of amides is 1. The highest BCUT2D eigenvalue weighted by Crippen LogP contribution is 2.34. The van der Waals surface area contributed by atoms with Gasteiger partial charge in [-0.15, -0.1) is 32.9 Å². The number of hydrogen-bond donors (Lipinski definition) is 1. The largest absolute Gasteiger partial charge is 0.495 e. The van der Waals surface area contributed by atoms with E-state index in [0.29, 0.717) is 10.9 Å². The summed E-state index contributed by atoms with van der Waals surface area (Å²) in [7, 11) is 1.64. The molecule has 9 heteroatoms. The van der Waals surface area contributed by atoms with Gasteiger partial charge in [-0.1, -0.05) is 36.0 Å². The number of ether oxygens (including phenoxy) is 1. The monoisotopic (exact) mass is 456 g/mol. The van der Waals surface area contributed by atoms with Crippen molar-refractivity contribution in [1.29, 1.82) is 0 Å². The number of aromatic nitrogens is 3. The number of para-hydroxylation sites is 2. The van der Waals surface area contributed by atoms with Gasteiger partial charge in [-0.05, 0) is 41.9 Å². The van der Waals surface area contributed by atoms with Crippen molar-refractivity contribution in [2.45, 2.75) is 18.1 Å². The molecule has 0 aliphatic rings. The van der Waals surface area contributed by atoms with Gasteiger partial charge in [0.25, 0.3) is 0 Å². The molecule has 1 atom stereocenters. The summed E-state index contributed by atoms with van der Waals surface area (Å²) < 4.78 is 7.51. The van der Waals surface area contributed by atoms with E-state index in [1.54, 1.807) is 29.8 Å². The van der Waals surface area contributed by atoms with Gasteiger partial charge in [-0.2, -0.15) is 0 Å². The average molecular weight is 457 g/mol. The maximum Gasteiger partial charge on any atom is 0.230 e. The first-order chi connectivity index (χ1) is 14.7. The van der Waals surface area contributed by atoms with Gasteiger partial charge >= 0.3 is 0 Å². The average Bonchev–Trinajstić information content (AvgIpc) is 3.53. The molecule has 3 heterocycles. The number of rotatable bonds is 8. The van der Waals surface area contributed by atoms with Crippen LogP contribution in [-0.2, 0) is 4.79 Å². The maximum absolute atomic E-state index is 12.5. The van der Waals surface area contributed by atoms with Gasteiger partial charge in [0.2, 0.25) is 5.91 Å². The minimum Gasteiger partial charge on any atom is -0.495 e. The topological polar surface area (TPSA) is 69.0 Å². The summed E-state index contributed by atoms with van der Waals surface area (Å²) in [6.45, 7) is 1.99. The van der Waals surface area contributed by atoms with Crippen molar-refractivity contribution in [3.8, 4) is 22.1 Å². The number of thiophene rings is 2. The third-order valence-corrected chi connectivity index (χ3v) is 7.23. The normalized spacial score (nSPS) is 11.9. The highest BCUT2D eigenvalue weighted by molar-refractivity contribution is 7.99. The first-order valence-electron chi connectivity index (χ1n) is 9.25. The Morgan fingerprint density at radius 1 is 1.13 bits per heavy atom. The fraction of sp³-hybridized carbons (Fsp3) is 0.190. The maximum atomic E-state index is 12.5. The lowest BCUT2D eigenvalue weighted by Gasteiger charge is -2.14. The fourth-order valence-electron chi connectivity index (χ4n) is 2.98. The smallest absolute Gasteiger partial charge is 0.230 e. The van der Waals surface area contributed by atoms with Gasteiger partial charge in [0.15, 0.2) is 11.0 Å². The molecular formula is C21H20N4O2S3. The zero-order valence-electron chi connectivity index (χ0n) is 16.4. The molecule has 4 rings (SSSR count). The van der Waals surface area contributed by atoms with Crippen molar-refractivity contribution < 1.29 is 9.53 Å². The van der Waals surface area contributed by atoms with Crippen molar-refractivity contribution in [1.82, 2.24) is 20.1 Å². The van der Waals surface area contributed by atoms with Gasteiger partial charge in [0.1, 0.15) is 5.75 Å². The van der Waals surface area contributed by atoms with Crippen LogP contribution in [0.3, 0.4) is 0 Å². The molecule has 0 fully saturated rings. The summed E-state index contributed by atoms with van der Waals surface area (Å²) >= 11 is 4.58. The molecule has 4 aromatic rings. The minimum absolute atomic E-state index is 0.0214. The van der Waals surface area contributed by atoms with Gasteiger partial charge in [0.05, 0.1) is 29.5 Å². The first kappa shape index (κ1) is 20.6. The van der Waals surface area contributed by atoms with E-state index >= 15 is 0 Å². The van der Waals surface area contributed by atoms with Crippen LogP contribution in [0.1, 0.15) is 17.8 Å². The van der Waals surface area contributed by atoms with Gasteiger partial charge in [0, 0.05) is 4.88 Å². The summed E-state index contributed by atoms with van der Waals surface area (Å²) in [6, 6.07) is 15.7. The Bertz CT molecular complexity index is 1110. The zero-order chi connectivity index (χ0) is 20.9. The third-order valence-electron chi connectivity index (χ3n) is 4.38. The second kappa shape index (κ2) is 9.46. The van der Waals surface area contributed by atoms with Crippen LogP contribution in [0.5, 0.6) is 5.75 Å². The molecule has 1 N–H and O–H groups in total. The summed E-state index contributed by atoms with van der Waals surface area (Å²) in [5, 5.41) is 16.5. The van der Waals surface area contributed by atoms with Crippen molar-refractivity contribution in [3.63, 3.8) is 0 Å². The van der Waals surface area contributed by atoms with E-state index in [1.807, 2.05) is 70.8 Å². The third kappa shape index (κ3) is 4.43. The molecule has 1 amide bonds. The predicted molar refractivity (Wildman–Crippen MR) is 123 cm³/mol. The van der Waals surface area contributed by atoms with Crippen LogP contribution in [0, 0.1) is 0 Å². The molecule has 0 saturated heterocycles. The van der Waals surface area contributed by atoms with Gasteiger partial charge in [-0.3, -0.25) is 9.36 Å². The Hall–Kier alpha value is -2.62. The minimum atomic E-state index is -0.0480. The van der Waals surface area contributed by atoms with Crippen LogP contribution < -0.4 is 10.1 Å². The Morgan fingerprint density at radius 3 is 2.67 bits per heavy atom. The molecule has 30 heavy (non-hydrogen) atoms. The van der Waals surface area contributed by atoms with Crippen LogP contribution in [0.2, 0.25) is 0 Å². The number of methoxy groups -OCH3 is 1. The van der Waals surface area contributed by atoms with Crippen molar-refractivity contribution in [3.05, 3.63) is 64.2 Å². The van der Waals surface area contributed by atoms with Crippen LogP contribution in [0.15, 0.2) is 64.4 Å². The molecule has 1 aromatic carbocycles. The highest BCUT2D eigenvalue weighted by Gasteiger charge is 2.20. The summed E-state index contributed by atoms with van der Waals surface area (Å²) in [5.41, 5.74) is 0.836. The van der Waals surface area contributed by atoms with Gasteiger partial charge in [-0.25, -0.2) is 0 Å². The van der Waals surface area contributed by atoms with E-state index in [2.05, 4.69) is 15.5 Å². The molecule has 6 nitrogen and oxygen atoms in total. The van der Waals surface area contributed by atoms with E-state index in [0.717, 1.165) is 21.3 Å². The number of thioether (sulfide) groups is 1. The van der Waals surface area contributed by atoms with Crippen LogP contribution in [-0.4, -0.2) is 33.5 Å². The molecule has 0 bridgehead atoms. The number of benzene rings is 1. The highest BCUT2D eigenvalue weighted by atomic mass is 32.2. The second-order valence-electron chi connectivity index (χ2n) is 6.38. The zero-order valence-corrected chi connectivity index (χ0v) is 18.9. The standard InChI is InChI=1S/C21H20N4O2S3/c1-14(17-9-5-11-28-17)22-19(26)13-30-21-24-23-20(18-10-6-12-29-18)25(21)15-7-3-4-8-16(15)27-2/h3-12,14H,13H2,1-2H3,(H,22,26). The number of nitrogens with one attached hydrogen (secondary N) is 1. The quantitative estimate of drug-likeness (QED) is 0.376. The Labute approximate surface area is 186 Å². The lowest BCUT2D eigenvalue weighted by molar-refractivity contribution is -0.119. The van der Waals surface area contributed by atoms with Crippen LogP contribution >= 0.6 is 34.4 Å². The second-order valence-corrected chi connectivity index (χ2v) is 9.25. The van der Waals surface area contributed by atoms with Crippen molar-refractivity contribution in [2.24, 2.45) is 0 Å². The fourth-order valence-corrected chi connectivity index (χ4v) is 5.17. The summed E-state index contributed by atoms with van der Waals surface area (Å²) in [6.07, 6.45) is 0. The molecule has 1 unspecified atom stereocenters. The van der Waals surface area contributed by atoms with Crippen LogP contribution in [0.25, 0.3) is 16.4 Å². The molecule has 0 aliphatic heterocycles. The van der Waals surface area contributed by atoms with Crippen molar-refractivity contribution in [2.75, 3.05) is 12.9 Å². The Balaban J connectivity index is 1.58. The van der Waals surface area contributed by atoms with Gasteiger partial charge < -0.3 is 10.1 Å². The van der Waals surface area contributed by atoms with E-state index in [1.165, 1.54) is 11.8 Å². The number of carbonyl (C=O) groups excluding carboxylic acids is 1. The molecule has 0 spiro atoms. The van der Waals surface area contributed by atoms with Crippen LogP contribution in [0.4, 0.5) is 0 Å². The van der Waals surface area contributed by atoms with E-state index in [4.69, 9.17) is 4.74 Å². The predicted octanol–water partition coefficient (Wildman–Crippen LogP) is 5.04. The SMILES string of the molecule is COc1ccccc1-n1c(SCC(=O)NC(C)c2cccs2)nnc1-c1cccs1. The Kier molecular flexibility index (Phi) is 6.51. The molecule has 3 aromatic heterocycles. The Morgan fingerprint density at radius 2 is 1.93 bits per heavy atom. The number of carbonyl (C=O) groups is 1. The lowest BCUT2D eigenvalue weighted by Crippen LogP contribution is -2.27. The molecular weight excluding hydrogens is 436 g/mol. The lowest BCUT2D eigenvalue weighted by atomic mass is 10.3. The van der Waals surface area contributed by atoms with Crippen molar-refractivity contribution >= 4 is 40.3 Å². The first-order valence-corrected chi connectivity index (χ1v) is 12.0. The van der Waals surface area contributed by atoms with E-state index in [-0.39, 0.29) is 17.7 Å². The molecule has 0 saturated carbocycles. The molecule has 0 radical (unpaired) electrons. The summed E-state index contributed by atoms with van der Waals surface area (Å²) in [5.74, 6) is 1.64. The number of hydrogen-bond acceptors (Lipinski definition) is 7. The number of nitrogens with zero attached hydrogens (tertiary/aromatic N) is 3. The van der Waals surface area contributed by atoms with E-state index in [9.17, 15) is 4.79 Å². The summed E-state index contributed by atoms with van der Waals surface area (Å²) in [4.78, 5) is 14.6.